The van der Waals surface area contributed by atoms with Crippen molar-refractivity contribution in [3.05, 3.63) is 83.3 Å². The summed E-state index contributed by atoms with van der Waals surface area (Å²) in [5.41, 5.74) is 2.24. The number of hydrogen-bond donors (Lipinski definition) is 2. The lowest BCUT2D eigenvalue weighted by atomic mass is 10.1. The van der Waals surface area contributed by atoms with Crippen LogP contribution in [0.1, 0.15) is 21.5 Å². The van der Waals surface area contributed by atoms with E-state index in [4.69, 9.17) is 18.9 Å². The van der Waals surface area contributed by atoms with E-state index in [9.17, 15) is 14.3 Å². The second-order valence-corrected chi connectivity index (χ2v) is 7.26. The minimum Gasteiger partial charge on any atom is -0.504 e. The summed E-state index contributed by atoms with van der Waals surface area (Å²) in [5.74, 6) is 0.931. The maximum Gasteiger partial charge on any atom is 0.203 e. The van der Waals surface area contributed by atoms with Crippen molar-refractivity contribution >= 4 is 23.6 Å². The Kier molecular flexibility index (Phi) is 8.34. The number of phenolic OH excluding ortho intramolecular Hbond substituents is 1. The van der Waals surface area contributed by atoms with Gasteiger partial charge in [-0.1, -0.05) is 12.2 Å². The van der Waals surface area contributed by atoms with E-state index in [0.717, 1.165) is 5.56 Å². The summed E-state index contributed by atoms with van der Waals surface area (Å²) >= 11 is 0. The van der Waals surface area contributed by atoms with Gasteiger partial charge in [0.15, 0.2) is 28.8 Å². The second kappa shape index (κ2) is 11.6. The predicted octanol–water partition coefficient (Wildman–Crippen LogP) is 5.54. The van der Waals surface area contributed by atoms with Crippen LogP contribution in [0.3, 0.4) is 0 Å². The molecule has 3 aromatic rings. The molecule has 0 atom stereocenters. The molecule has 182 valence electrons. The summed E-state index contributed by atoms with van der Waals surface area (Å²) in [5, 5.41) is 13.4. The number of nitrogens with one attached hydrogen (secondary N) is 1. The Labute approximate surface area is 203 Å². The van der Waals surface area contributed by atoms with Gasteiger partial charge in [0.1, 0.15) is 5.82 Å². The zero-order chi connectivity index (χ0) is 25.4. The van der Waals surface area contributed by atoms with Crippen molar-refractivity contribution in [1.82, 2.24) is 0 Å². The molecular weight excluding hydrogens is 453 g/mol. The number of methoxy groups -OCH3 is 4. The van der Waals surface area contributed by atoms with Crippen LogP contribution >= 0.6 is 0 Å². The lowest BCUT2D eigenvalue weighted by Gasteiger charge is -2.13. The predicted molar refractivity (Wildman–Crippen MR) is 133 cm³/mol. The van der Waals surface area contributed by atoms with Crippen molar-refractivity contribution in [2.45, 2.75) is 0 Å². The number of benzene rings is 3. The first-order valence-corrected chi connectivity index (χ1v) is 10.5. The van der Waals surface area contributed by atoms with E-state index in [1.165, 1.54) is 50.8 Å². The number of rotatable bonds is 10. The van der Waals surface area contributed by atoms with Crippen LogP contribution in [0, 0.1) is 5.82 Å². The van der Waals surface area contributed by atoms with Gasteiger partial charge in [-0.3, -0.25) is 4.79 Å². The highest BCUT2D eigenvalue weighted by Crippen LogP contribution is 2.39. The first-order valence-electron chi connectivity index (χ1n) is 10.5. The molecule has 0 amide bonds. The SMILES string of the molecule is COc1cc(/C=C\c2cc(O)c(OC)c(N/C=C\C(=O)c3ccc(F)cc3)c2)cc(OC)c1OC. The lowest BCUT2D eigenvalue weighted by Crippen LogP contribution is -1.98. The largest absolute Gasteiger partial charge is 0.504 e. The molecule has 35 heavy (non-hydrogen) atoms. The van der Waals surface area contributed by atoms with Crippen LogP contribution in [0.4, 0.5) is 10.1 Å². The van der Waals surface area contributed by atoms with Crippen LogP contribution in [0.2, 0.25) is 0 Å². The summed E-state index contributed by atoms with van der Waals surface area (Å²) in [6, 6.07) is 12.1. The molecule has 0 fully saturated rings. The number of allylic oxidation sites excluding steroid dienone is 1. The van der Waals surface area contributed by atoms with E-state index in [0.29, 0.717) is 34.1 Å². The molecule has 0 aromatic heterocycles. The van der Waals surface area contributed by atoms with Crippen molar-refractivity contribution in [3.8, 4) is 28.7 Å². The Hall–Kier alpha value is -4.46. The summed E-state index contributed by atoms with van der Waals surface area (Å²) < 4.78 is 34.5. The Bertz CT molecular complexity index is 1230. The number of aromatic hydroxyl groups is 1. The number of ketones is 1. The molecule has 8 heteroatoms. The van der Waals surface area contributed by atoms with Crippen LogP contribution < -0.4 is 24.3 Å². The zero-order valence-electron chi connectivity index (χ0n) is 19.8. The van der Waals surface area contributed by atoms with Gasteiger partial charge in [-0.15, -0.1) is 0 Å². The topological polar surface area (TPSA) is 86.2 Å². The van der Waals surface area contributed by atoms with Gasteiger partial charge in [0.05, 0.1) is 34.1 Å². The summed E-state index contributed by atoms with van der Waals surface area (Å²) in [6.45, 7) is 0. The fourth-order valence-electron chi connectivity index (χ4n) is 3.36. The highest BCUT2D eigenvalue weighted by molar-refractivity contribution is 6.04. The third-order valence-corrected chi connectivity index (χ3v) is 5.05. The summed E-state index contributed by atoms with van der Waals surface area (Å²) in [7, 11) is 6.04. The number of hydrogen-bond acceptors (Lipinski definition) is 7. The van der Waals surface area contributed by atoms with Gasteiger partial charge in [-0.2, -0.15) is 0 Å². The normalized spacial score (nSPS) is 11.0. The third-order valence-electron chi connectivity index (χ3n) is 5.05. The Morgan fingerprint density at radius 1 is 0.829 bits per heavy atom. The molecule has 0 unspecified atom stereocenters. The molecule has 0 aliphatic carbocycles. The van der Waals surface area contributed by atoms with Crippen LogP contribution in [-0.4, -0.2) is 39.3 Å². The van der Waals surface area contributed by atoms with Crippen molar-refractivity contribution in [2.24, 2.45) is 0 Å². The number of carbonyl (C=O) groups excluding carboxylic acids is 1. The molecule has 0 saturated carbocycles. The molecular formula is C27H26FNO6. The van der Waals surface area contributed by atoms with Crippen LogP contribution in [0.5, 0.6) is 28.7 Å². The maximum absolute atomic E-state index is 13.1. The Morgan fingerprint density at radius 2 is 1.40 bits per heavy atom. The van der Waals surface area contributed by atoms with Gasteiger partial charge in [0.25, 0.3) is 0 Å². The molecule has 2 N–H and O–H groups in total. The van der Waals surface area contributed by atoms with Gasteiger partial charge in [-0.25, -0.2) is 4.39 Å². The smallest absolute Gasteiger partial charge is 0.203 e. The van der Waals surface area contributed by atoms with Gasteiger partial charge < -0.3 is 29.4 Å². The minimum absolute atomic E-state index is 0.0831. The van der Waals surface area contributed by atoms with Crippen molar-refractivity contribution in [3.63, 3.8) is 0 Å². The van der Waals surface area contributed by atoms with E-state index < -0.39 is 5.82 Å². The number of carbonyl (C=O) groups is 1. The number of ether oxygens (including phenoxy) is 4. The highest BCUT2D eigenvalue weighted by Gasteiger charge is 2.13. The first kappa shape index (κ1) is 25.2. The Morgan fingerprint density at radius 3 is 1.94 bits per heavy atom. The fourth-order valence-corrected chi connectivity index (χ4v) is 3.36. The highest BCUT2D eigenvalue weighted by atomic mass is 19.1. The van der Waals surface area contributed by atoms with Crippen LogP contribution in [0.15, 0.2) is 60.8 Å². The first-order chi connectivity index (χ1) is 16.9. The molecule has 3 aromatic carbocycles. The average molecular weight is 480 g/mol. The summed E-state index contributed by atoms with van der Waals surface area (Å²) in [6.07, 6.45) is 6.35. The van der Waals surface area contributed by atoms with Crippen molar-refractivity contribution in [1.29, 1.82) is 0 Å². The number of anilines is 1. The van der Waals surface area contributed by atoms with E-state index in [2.05, 4.69) is 5.32 Å². The van der Waals surface area contributed by atoms with E-state index >= 15 is 0 Å². The second-order valence-electron chi connectivity index (χ2n) is 7.26. The molecule has 0 spiro atoms. The maximum atomic E-state index is 13.1. The number of phenols is 1. The quantitative estimate of drug-likeness (QED) is 0.224. The number of halogens is 1. The standard InChI is InChI=1S/C27H26FNO6/c1-32-24-15-18(16-25(33-2)27(24)35-4)6-5-17-13-21(26(34-3)23(31)14-17)29-12-11-22(30)19-7-9-20(28)10-8-19/h5-16,29,31H,1-4H3/b6-5-,12-11-. The zero-order valence-corrected chi connectivity index (χ0v) is 19.8. The molecule has 0 bridgehead atoms. The van der Waals surface area contributed by atoms with Crippen molar-refractivity contribution < 1.29 is 33.2 Å². The minimum atomic E-state index is -0.416. The lowest BCUT2D eigenvalue weighted by molar-refractivity contribution is 0.104. The third kappa shape index (κ3) is 6.11. The monoisotopic (exact) mass is 479 g/mol. The van der Waals surface area contributed by atoms with Gasteiger partial charge in [-0.05, 0) is 59.7 Å². The van der Waals surface area contributed by atoms with Gasteiger partial charge >= 0.3 is 0 Å². The summed E-state index contributed by atoms with van der Waals surface area (Å²) in [4.78, 5) is 12.3. The van der Waals surface area contributed by atoms with Gasteiger partial charge in [0, 0.05) is 17.8 Å². The molecule has 3 rings (SSSR count). The average Bonchev–Trinajstić information content (AvgIpc) is 2.86. The molecule has 0 aliphatic rings. The van der Waals surface area contributed by atoms with Crippen molar-refractivity contribution in [2.75, 3.05) is 33.8 Å². The molecule has 0 radical (unpaired) electrons. The van der Waals surface area contributed by atoms with E-state index in [-0.39, 0.29) is 17.3 Å². The molecule has 7 nitrogen and oxygen atoms in total. The molecule has 0 heterocycles. The fraction of sp³-hybridized carbons (Fsp3) is 0.148. The van der Waals surface area contributed by atoms with E-state index in [1.807, 2.05) is 6.08 Å². The van der Waals surface area contributed by atoms with Crippen LogP contribution in [-0.2, 0) is 0 Å². The molecule has 0 saturated heterocycles. The Balaban J connectivity index is 1.85. The molecule has 0 aliphatic heterocycles. The van der Waals surface area contributed by atoms with Gasteiger partial charge in [0.2, 0.25) is 5.75 Å². The van der Waals surface area contributed by atoms with E-state index in [1.54, 1.807) is 44.6 Å². The van der Waals surface area contributed by atoms with Crippen LogP contribution in [0.25, 0.3) is 12.2 Å².